The van der Waals surface area contributed by atoms with E-state index in [2.05, 4.69) is 31.2 Å². The average Bonchev–Trinajstić information content (AvgIpc) is 2.30. The summed E-state index contributed by atoms with van der Waals surface area (Å²) in [5, 5.41) is 2.92. The summed E-state index contributed by atoms with van der Waals surface area (Å²) in [5.74, 6) is 0.628. The van der Waals surface area contributed by atoms with Gasteiger partial charge < -0.3 is 5.32 Å². The number of nitrogens with zero attached hydrogens (tertiary/aromatic N) is 2. The van der Waals surface area contributed by atoms with E-state index in [0.29, 0.717) is 5.95 Å². The molecule has 0 bridgehead atoms. The Labute approximate surface area is 96.7 Å². The minimum Gasteiger partial charge on any atom is -0.357 e. The van der Waals surface area contributed by atoms with E-state index in [0.717, 1.165) is 15.7 Å². The molecule has 0 amide bonds. The summed E-state index contributed by atoms with van der Waals surface area (Å²) in [6.45, 7) is 0. The van der Waals surface area contributed by atoms with Crippen molar-refractivity contribution in [2.45, 2.75) is 0 Å². The van der Waals surface area contributed by atoms with Crippen molar-refractivity contribution < 1.29 is 0 Å². The number of rotatable bonds is 2. The SMILES string of the molecule is CNc1nccc(-c2ccccc2Br)n1. The Bertz CT molecular complexity index is 471. The third kappa shape index (κ3) is 2.15. The standard InChI is InChI=1S/C11H10BrN3/c1-13-11-14-7-6-10(15-11)8-4-2-3-5-9(8)12/h2-7H,1H3,(H,13,14,15). The topological polar surface area (TPSA) is 37.8 Å². The lowest BCUT2D eigenvalue weighted by Gasteiger charge is -2.04. The van der Waals surface area contributed by atoms with Crippen molar-refractivity contribution in [2.24, 2.45) is 0 Å². The van der Waals surface area contributed by atoms with E-state index >= 15 is 0 Å². The predicted molar refractivity (Wildman–Crippen MR) is 64.7 cm³/mol. The average molecular weight is 264 g/mol. The molecule has 0 saturated carbocycles. The van der Waals surface area contributed by atoms with Gasteiger partial charge in [0.15, 0.2) is 0 Å². The summed E-state index contributed by atoms with van der Waals surface area (Å²) in [6.07, 6.45) is 1.74. The van der Waals surface area contributed by atoms with Crippen molar-refractivity contribution in [3.05, 3.63) is 41.0 Å². The van der Waals surface area contributed by atoms with Crippen molar-refractivity contribution in [2.75, 3.05) is 12.4 Å². The Balaban J connectivity index is 2.49. The molecule has 0 spiro atoms. The lowest BCUT2D eigenvalue weighted by atomic mass is 10.1. The molecule has 76 valence electrons. The summed E-state index contributed by atoms with van der Waals surface area (Å²) in [4.78, 5) is 8.45. The van der Waals surface area contributed by atoms with Gasteiger partial charge in [-0.25, -0.2) is 9.97 Å². The van der Waals surface area contributed by atoms with Gasteiger partial charge in [-0.05, 0) is 12.1 Å². The highest BCUT2D eigenvalue weighted by Gasteiger charge is 2.04. The predicted octanol–water partition coefficient (Wildman–Crippen LogP) is 2.95. The molecule has 2 aromatic rings. The van der Waals surface area contributed by atoms with Gasteiger partial charge in [0, 0.05) is 23.3 Å². The van der Waals surface area contributed by atoms with Gasteiger partial charge in [0.25, 0.3) is 0 Å². The molecule has 1 heterocycles. The van der Waals surface area contributed by atoms with Gasteiger partial charge in [-0.3, -0.25) is 0 Å². The van der Waals surface area contributed by atoms with Crippen LogP contribution in [-0.4, -0.2) is 17.0 Å². The van der Waals surface area contributed by atoms with Crippen LogP contribution >= 0.6 is 15.9 Å². The van der Waals surface area contributed by atoms with Crippen molar-refractivity contribution in [1.82, 2.24) is 9.97 Å². The number of anilines is 1. The molecule has 0 aliphatic heterocycles. The molecule has 15 heavy (non-hydrogen) atoms. The molecule has 0 unspecified atom stereocenters. The second-order valence-corrected chi connectivity index (χ2v) is 3.85. The first kappa shape index (κ1) is 10.1. The van der Waals surface area contributed by atoms with E-state index in [4.69, 9.17) is 0 Å². The van der Waals surface area contributed by atoms with Crippen molar-refractivity contribution in [3.8, 4) is 11.3 Å². The monoisotopic (exact) mass is 263 g/mol. The summed E-state index contributed by atoms with van der Waals surface area (Å²) < 4.78 is 1.03. The minimum absolute atomic E-state index is 0.628. The molecule has 1 N–H and O–H groups in total. The number of halogens is 1. The van der Waals surface area contributed by atoms with E-state index < -0.39 is 0 Å². The summed E-state index contributed by atoms with van der Waals surface area (Å²) in [5.41, 5.74) is 1.97. The molecule has 0 radical (unpaired) electrons. The van der Waals surface area contributed by atoms with Crippen LogP contribution in [0.25, 0.3) is 11.3 Å². The highest BCUT2D eigenvalue weighted by atomic mass is 79.9. The van der Waals surface area contributed by atoms with E-state index in [1.807, 2.05) is 30.3 Å². The van der Waals surface area contributed by atoms with E-state index in [9.17, 15) is 0 Å². The highest BCUT2D eigenvalue weighted by Crippen LogP contribution is 2.26. The molecule has 0 aliphatic carbocycles. The molecule has 0 saturated heterocycles. The maximum Gasteiger partial charge on any atom is 0.222 e. The number of benzene rings is 1. The van der Waals surface area contributed by atoms with Gasteiger partial charge in [0.1, 0.15) is 0 Å². The maximum absolute atomic E-state index is 4.37. The van der Waals surface area contributed by atoms with Crippen LogP contribution in [0.3, 0.4) is 0 Å². The Morgan fingerprint density at radius 2 is 2.00 bits per heavy atom. The molecular formula is C11H10BrN3. The van der Waals surface area contributed by atoms with E-state index in [1.165, 1.54) is 0 Å². The van der Waals surface area contributed by atoms with Gasteiger partial charge in [0.2, 0.25) is 5.95 Å². The zero-order valence-corrected chi connectivity index (χ0v) is 9.82. The molecule has 0 atom stereocenters. The Morgan fingerprint density at radius 1 is 1.20 bits per heavy atom. The molecule has 4 heteroatoms. The Hall–Kier alpha value is -1.42. The van der Waals surface area contributed by atoms with Crippen LogP contribution in [0.1, 0.15) is 0 Å². The van der Waals surface area contributed by atoms with Crippen LogP contribution in [0, 0.1) is 0 Å². The number of aromatic nitrogens is 2. The van der Waals surface area contributed by atoms with Crippen molar-refractivity contribution in [3.63, 3.8) is 0 Å². The molecule has 1 aromatic carbocycles. The van der Waals surface area contributed by atoms with Gasteiger partial charge in [-0.1, -0.05) is 34.1 Å². The van der Waals surface area contributed by atoms with Gasteiger partial charge >= 0.3 is 0 Å². The largest absolute Gasteiger partial charge is 0.357 e. The van der Waals surface area contributed by atoms with Gasteiger partial charge in [0.05, 0.1) is 5.69 Å². The third-order valence-corrected chi connectivity index (χ3v) is 2.72. The fourth-order valence-corrected chi connectivity index (χ4v) is 1.79. The normalized spacial score (nSPS) is 10.0. The van der Waals surface area contributed by atoms with Crippen LogP contribution in [0.5, 0.6) is 0 Å². The Kier molecular flexibility index (Phi) is 2.97. The quantitative estimate of drug-likeness (QED) is 0.906. The molecule has 3 nitrogen and oxygen atoms in total. The molecule has 0 fully saturated rings. The smallest absolute Gasteiger partial charge is 0.222 e. The lowest BCUT2D eigenvalue weighted by molar-refractivity contribution is 1.15. The maximum atomic E-state index is 4.37. The fraction of sp³-hybridized carbons (Fsp3) is 0.0909. The summed E-state index contributed by atoms with van der Waals surface area (Å²) in [7, 11) is 1.80. The second kappa shape index (κ2) is 4.40. The van der Waals surface area contributed by atoms with Gasteiger partial charge in [-0.15, -0.1) is 0 Å². The van der Waals surface area contributed by atoms with Gasteiger partial charge in [-0.2, -0.15) is 0 Å². The summed E-state index contributed by atoms with van der Waals surface area (Å²) >= 11 is 3.50. The fourth-order valence-electron chi connectivity index (χ4n) is 1.30. The zero-order valence-electron chi connectivity index (χ0n) is 8.24. The van der Waals surface area contributed by atoms with Crippen LogP contribution in [0.4, 0.5) is 5.95 Å². The van der Waals surface area contributed by atoms with Crippen LogP contribution in [0.2, 0.25) is 0 Å². The van der Waals surface area contributed by atoms with Crippen LogP contribution in [-0.2, 0) is 0 Å². The first-order chi connectivity index (χ1) is 7.31. The molecule has 2 rings (SSSR count). The number of hydrogen-bond acceptors (Lipinski definition) is 3. The van der Waals surface area contributed by atoms with Crippen LogP contribution in [0.15, 0.2) is 41.0 Å². The molecular weight excluding hydrogens is 254 g/mol. The second-order valence-electron chi connectivity index (χ2n) is 3.00. The van der Waals surface area contributed by atoms with Crippen LogP contribution < -0.4 is 5.32 Å². The van der Waals surface area contributed by atoms with Crippen molar-refractivity contribution >= 4 is 21.9 Å². The minimum atomic E-state index is 0.628. The van der Waals surface area contributed by atoms with Crippen molar-refractivity contribution in [1.29, 1.82) is 0 Å². The Morgan fingerprint density at radius 3 is 2.73 bits per heavy atom. The highest BCUT2D eigenvalue weighted by molar-refractivity contribution is 9.10. The summed E-state index contributed by atoms with van der Waals surface area (Å²) in [6, 6.07) is 9.87. The zero-order chi connectivity index (χ0) is 10.7. The first-order valence-corrected chi connectivity index (χ1v) is 5.36. The third-order valence-electron chi connectivity index (χ3n) is 2.03. The molecule has 1 aromatic heterocycles. The first-order valence-electron chi connectivity index (χ1n) is 4.57. The van der Waals surface area contributed by atoms with E-state index in [-0.39, 0.29) is 0 Å². The molecule has 0 aliphatic rings. The lowest BCUT2D eigenvalue weighted by Crippen LogP contribution is -1.96. The van der Waals surface area contributed by atoms with E-state index in [1.54, 1.807) is 13.2 Å². The number of hydrogen-bond donors (Lipinski definition) is 1. The number of nitrogens with one attached hydrogen (secondary N) is 1.